The number of rotatable bonds is 7. The van der Waals surface area contributed by atoms with E-state index < -0.39 is 7.12 Å². The Bertz CT molecular complexity index is 371. The second-order valence-corrected chi connectivity index (χ2v) is 4.54. The molecule has 1 aromatic carbocycles. The van der Waals surface area contributed by atoms with Crippen molar-refractivity contribution >= 4 is 12.6 Å². The van der Waals surface area contributed by atoms with E-state index in [1.54, 1.807) is 12.1 Å². The molecule has 0 amide bonds. The van der Waals surface area contributed by atoms with Crippen LogP contribution >= 0.6 is 0 Å². The molecule has 0 aliphatic rings. The second-order valence-electron chi connectivity index (χ2n) is 4.54. The number of benzene rings is 1. The first kappa shape index (κ1) is 15.0. The van der Waals surface area contributed by atoms with Gasteiger partial charge in [-0.2, -0.15) is 0 Å². The summed E-state index contributed by atoms with van der Waals surface area (Å²) in [5, 5.41) is 18.6. The van der Waals surface area contributed by atoms with Crippen molar-refractivity contribution in [2.24, 2.45) is 0 Å². The van der Waals surface area contributed by atoms with E-state index in [-0.39, 0.29) is 0 Å². The van der Waals surface area contributed by atoms with Gasteiger partial charge in [0, 0.05) is 12.0 Å². The average Bonchev–Trinajstić information content (AvgIpc) is 2.36. The normalized spacial score (nSPS) is 10.8. The molecule has 0 unspecified atom stereocenters. The maximum atomic E-state index is 9.30. The summed E-state index contributed by atoms with van der Waals surface area (Å²) in [6, 6.07) is 5.51. The smallest absolute Gasteiger partial charge is 0.492 e. The van der Waals surface area contributed by atoms with Crippen LogP contribution in [0.1, 0.15) is 25.3 Å². The summed E-state index contributed by atoms with van der Waals surface area (Å²) in [5.74, 6) is 0.505. The maximum Gasteiger partial charge on any atom is 0.492 e. The van der Waals surface area contributed by atoms with E-state index in [1.165, 1.54) is 20.0 Å². The molecule has 0 fully saturated rings. The molecule has 0 aromatic heterocycles. The molecule has 0 bridgehead atoms. The Labute approximate surface area is 109 Å². The predicted molar refractivity (Wildman–Crippen MR) is 74.1 cm³/mol. The molecule has 0 radical (unpaired) electrons. The summed E-state index contributed by atoms with van der Waals surface area (Å²) in [5.41, 5.74) is 1.47. The third kappa shape index (κ3) is 4.33. The summed E-state index contributed by atoms with van der Waals surface area (Å²) >= 11 is 0. The minimum Gasteiger partial charge on any atom is -0.497 e. The summed E-state index contributed by atoms with van der Waals surface area (Å²) < 4.78 is 5.10. The van der Waals surface area contributed by atoms with Crippen LogP contribution in [-0.2, 0) is 6.54 Å². The van der Waals surface area contributed by atoms with Crippen LogP contribution < -0.4 is 10.2 Å². The Morgan fingerprint density at radius 3 is 2.61 bits per heavy atom. The summed E-state index contributed by atoms with van der Waals surface area (Å²) in [4.78, 5) is 2.22. The third-order valence-electron chi connectivity index (χ3n) is 2.92. The number of nitrogens with zero attached hydrogens (tertiary/aromatic N) is 1. The highest BCUT2D eigenvalue weighted by Crippen LogP contribution is 2.11. The summed E-state index contributed by atoms with van der Waals surface area (Å²) in [6.45, 7) is 4.00. The van der Waals surface area contributed by atoms with Gasteiger partial charge in [-0.05, 0) is 31.6 Å². The Hall–Kier alpha value is -1.04. The third-order valence-corrected chi connectivity index (χ3v) is 2.92. The van der Waals surface area contributed by atoms with E-state index in [0.29, 0.717) is 11.2 Å². The number of methoxy groups -OCH3 is 1. The summed E-state index contributed by atoms with van der Waals surface area (Å²) in [6.07, 6.45) is 2.34. The van der Waals surface area contributed by atoms with Gasteiger partial charge in [0.2, 0.25) is 0 Å². The number of unbranched alkanes of at least 4 members (excludes halogenated alkanes) is 1. The standard InChI is InChI=1S/C13H22BNO3/c1-4-5-8-15(2)10-11-6-7-13(18-3)12(9-11)14(16)17/h6-7,9,16-17H,4-5,8,10H2,1-3H3. The highest BCUT2D eigenvalue weighted by molar-refractivity contribution is 6.59. The van der Waals surface area contributed by atoms with Crippen LogP contribution in [-0.4, -0.2) is 42.8 Å². The van der Waals surface area contributed by atoms with Crippen molar-refractivity contribution < 1.29 is 14.8 Å². The van der Waals surface area contributed by atoms with Crippen molar-refractivity contribution in [3.8, 4) is 5.75 Å². The monoisotopic (exact) mass is 251 g/mol. The summed E-state index contributed by atoms with van der Waals surface area (Å²) in [7, 11) is 2.09. The lowest BCUT2D eigenvalue weighted by Gasteiger charge is -2.17. The van der Waals surface area contributed by atoms with Crippen molar-refractivity contribution in [1.82, 2.24) is 4.90 Å². The first-order valence-electron chi connectivity index (χ1n) is 6.30. The Morgan fingerprint density at radius 1 is 1.33 bits per heavy atom. The van der Waals surface area contributed by atoms with E-state index in [4.69, 9.17) is 4.74 Å². The minimum absolute atomic E-state index is 0.416. The van der Waals surface area contributed by atoms with Crippen LogP contribution in [0.2, 0.25) is 0 Å². The highest BCUT2D eigenvalue weighted by Gasteiger charge is 2.17. The Morgan fingerprint density at radius 2 is 2.06 bits per heavy atom. The van der Waals surface area contributed by atoms with Gasteiger partial charge >= 0.3 is 7.12 Å². The lowest BCUT2D eigenvalue weighted by Crippen LogP contribution is -2.32. The topological polar surface area (TPSA) is 52.9 Å². The van der Waals surface area contributed by atoms with Crippen LogP contribution in [0.25, 0.3) is 0 Å². The average molecular weight is 251 g/mol. The van der Waals surface area contributed by atoms with E-state index >= 15 is 0 Å². The maximum absolute atomic E-state index is 9.30. The zero-order valence-corrected chi connectivity index (χ0v) is 11.4. The van der Waals surface area contributed by atoms with Gasteiger partial charge in [0.1, 0.15) is 5.75 Å². The molecule has 0 aliphatic heterocycles. The van der Waals surface area contributed by atoms with Crippen molar-refractivity contribution in [2.45, 2.75) is 26.3 Å². The van der Waals surface area contributed by atoms with Crippen LogP contribution in [0.3, 0.4) is 0 Å². The van der Waals surface area contributed by atoms with Crippen LogP contribution in [0.15, 0.2) is 18.2 Å². The molecule has 18 heavy (non-hydrogen) atoms. The fourth-order valence-electron chi connectivity index (χ4n) is 1.90. The molecule has 1 rings (SSSR count). The van der Waals surface area contributed by atoms with Gasteiger partial charge in [-0.1, -0.05) is 25.5 Å². The van der Waals surface area contributed by atoms with Gasteiger partial charge in [-0.25, -0.2) is 0 Å². The van der Waals surface area contributed by atoms with E-state index in [0.717, 1.165) is 18.7 Å². The van der Waals surface area contributed by atoms with Gasteiger partial charge in [0.25, 0.3) is 0 Å². The quantitative estimate of drug-likeness (QED) is 0.697. The fourth-order valence-corrected chi connectivity index (χ4v) is 1.90. The fraction of sp³-hybridized carbons (Fsp3) is 0.538. The van der Waals surface area contributed by atoms with Crippen molar-refractivity contribution in [2.75, 3.05) is 20.7 Å². The minimum atomic E-state index is -1.50. The van der Waals surface area contributed by atoms with Crippen molar-refractivity contribution in [1.29, 1.82) is 0 Å². The molecule has 100 valence electrons. The number of hydrogen-bond donors (Lipinski definition) is 2. The molecular weight excluding hydrogens is 229 g/mol. The second kappa shape index (κ2) is 7.41. The number of hydrogen-bond acceptors (Lipinski definition) is 4. The van der Waals surface area contributed by atoms with Crippen LogP contribution in [0, 0.1) is 0 Å². The molecule has 0 spiro atoms. The van der Waals surface area contributed by atoms with E-state index in [2.05, 4.69) is 18.9 Å². The van der Waals surface area contributed by atoms with E-state index in [1.807, 2.05) is 6.07 Å². The largest absolute Gasteiger partial charge is 0.497 e. The van der Waals surface area contributed by atoms with Gasteiger partial charge in [-0.3, -0.25) is 0 Å². The molecule has 0 heterocycles. The highest BCUT2D eigenvalue weighted by atomic mass is 16.5. The van der Waals surface area contributed by atoms with Crippen molar-refractivity contribution in [3.05, 3.63) is 23.8 Å². The SMILES string of the molecule is CCCCN(C)Cc1ccc(OC)c(B(O)O)c1. The first-order chi connectivity index (χ1) is 8.58. The Kier molecular flexibility index (Phi) is 6.19. The van der Waals surface area contributed by atoms with Gasteiger partial charge in [0.15, 0.2) is 0 Å². The van der Waals surface area contributed by atoms with Gasteiger partial charge in [0.05, 0.1) is 7.11 Å². The molecule has 5 heteroatoms. The molecule has 1 aromatic rings. The Balaban J connectivity index is 2.75. The lowest BCUT2D eigenvalue weighted by molar-refractivity contribution is 0.320. The van der Waals surface area contributed by atoms with Crippen LogP contribution in [0.4, 0.5) is 0 Å². The zero-order valence-electron chi connectivity index (χ0n) is 11.4. The lowest BCUT2D eigenvalue weighted by atomic mass is 9.78. The molecule has 0 atom stereocenters. The van der Waals surface area contributed by atoms with Gasteiger partial charge < -0.3 is 19.7 Å². The molecule has 2 N–H and O–H groups in total. The van der Waals surface area contributed by atoms with Gasteiger partial charge in [-0.15, -0.1) is 0 Å². The molecular formula is C13H22BNO3. The predicted octanol–water partition coefficient (Wildman–Crippen LogP) is 0.607. The zero-order chi connectivity index (χ0) is 13.5. The van der Waals surface area contributed by atoms with E-state index in [9.17, 15) is 10.0 Å². The molecule has 4 nitrogen and oxygen atoms in total. The number of ether oxygens (including phenoxy) is 1. The first-order valence-corrected chi connectivity index (χ1v) is 6.30. The van der Waals surface area contributed by atoms with Crippen LogP contribution in [0.5, 0.6) is 5.75 Å². The molecule has 0 aliphatic carbocycles. The molecule has 0 saturated carbocycles. The molecule has 0 saturated heterocycles. The van der Waals surface area contributed by atoms with Crippen molar-refractivity contribution in [3.63, 3.8) is 0 Å².